The summed E-state index contributed by atoms with van der Waals surface area (Å²) in [4.78, 5) is 0. The molecule has 3 rings (SSSR count). The summed E-state index contributed by atoms with van der Waals surface area (Å²) in [6.07, 6.45) is 0. The minimum Gasteiger partial charge on any atom is -0.357 e. The van der Waals surface area contributed by atoms with Crippen molar-refractivity contribution in [3.8, 4) is 6.07 Å². The van der Waals surface area contributed by atoms with Crippen LogP contribution in [0, 0.1) is 11.3 Å². The highest BCUT2D eigenvalue weighted by atomic mass is 31.1. The molecule has 0 radical (unpaired) electrons. The molecule has 0 fully saturated rings. The summed E-state index contributed by atoms with van der Waals surface area (Å²) < 4.78 is 0. The van der Waals surface area contributed by atoms with E-state index in [1.54, 1.807) is 0 Å². The SMILES string of the molecule is N#Cc1cccc(NP(c2ccccc2)c2ccccc2)c1. The predicted molar refractivity (Wildman–Crippen MR) is 93.9 cm³/mol. The van der Waals surface area contributed by atoms with E-state index in [1.165, 1.54) is 10.6 Å². The first-order chi connectivity index (χ1) is 10.9. The van der Waals surface area contributed by atoms with Gasteiger partial charge in [0.2, 0.25) is 0 Å². The third-order valence-electron chi connectivity index (χ3n) is 3.26. The molecule has 0 aliphatic heterocycles. The van der Waals surface area contributed by atoms with Crippen molar-refractivity contribution < 1.29 is 0 Å². The van der Waals surface area contributed by atoms with Crippen molar-refractivity contribution >= 4 is 24.4 Å². The second kappa shape index (κ2) is 6.89. The number of nitrogens with zero attached hydrogens (tertiary/aromatic N) is 1. The first kappa shape index (κ1) is 14.3. The Kier molecular flexibility index (Phi) is 4.49. The molecule has 0 bridgehead atoms. The van der Waals surface area contributed by atoms with Crippen LogP contribution in [-0.4, -0.2) is 0 Å². The van der Waals surface area contributed by atoms with Crippen LogP contribution >= 0.6 is 8.07 Å². The van der Waals surface area contributed by atoms with Crippen LogP contribution < -0.4 is 15.7 Å². The molecule has 0 aliphatic carbocycles. The molecule has 3 heteroatoms. The van der Waals surface area contributed by atoms with Crippen LogP contribution in [-0.2, 0) is 0 Å². The van der Waals surface area contributed by atoms with Crippen molar-refractivity contribution in [2.75, 3.05) is 5.09 Å². The number of hydrogen-bond acceptors (Lipinski definition) is 2. The quantitative estimate of drug-likeness (QED) is 0.739. The van der Waals surface area contributed by atoms with Crippen LogP contribution in [0.1, 0.15) is 5.56 Å². The third-order valence-corrected chi connectivity index (χ3v) is 5.37. The number of rotatable bonds is 4. The average Bonchev–Trinajstić information content (AvgIpc) is 2.61. The van der Waals surface area contributed by atoms with Gasteiger partial charge in [0.1, 0.15) is 0 Å². The van der Waals surface area contributed by atoms with E-state index >= 15 is 0 Å². The molecule has 106 valence electrons. The Morgan fingerprint density at radius 3 is 1.86 bits per heavy atom. The predicted octanol–water partition coefficient (Wildman–Crippen LogP) is 4.02. The van der Waals surface area contributed by atoms with Crippen LogP contribution in [0.5, 0.6) is 0 Å². The molecule has 0 unspecified atom stereocenters. The molecular formula is C19H15N2P. The van der Waals surface area contributed by atoms with Crippen LogP contribution in [0.3, 0.4) is 0 Å². The van der Waals surface area contributed by atoms with E-state index in [0.717, 1.165) is 5.69 Å². The van der Waals surface area contributed by atoms with E-state index in [1.807, 2.05) is 36.4 Å². The van der Waals surface area contributed by atoms with Crippen molar-refractivity contribution in [1.82, 2.24) is 0 Å². The summed E-state index contributed by atoms with van der Waals surface area (Å²) in [5, 5.41) is 15.2. The Balaban J connectivity index is 1.97. The van der Waals surface area contributed by atoms with Crippen molar-refractivity contribution in [3.05, 3.63) is 90.5 Å². The second-order valence-electron chi connectivity index (χ2n) is 4.81. The van der Waals surface area contributed by atoms with Gasteiger partial charge in [-0.3, -0.25) is 0 Å². The highest BCUT2D eigenvalue weighted by molar-refractivity contribution is 7.74. The smallest absolute Gasteiger partial charge is 0.0992 e. The van der Waals surface area contributed by atoms with Gasteiger partial charge < -0.3 is 5.09 Å². The molecule has 0 saturated carbocycles. The fourth-order valence-corrected chi connectivity index (χ4v) is 4.11. The van der Waals surface area contributed by atoms with E-state index in [4.69, 9.17) is 5.26 Å². The monoisotopic (exact) mass is 302 g/mol. The first-order valence-corrected chi connectivity index (χ1v) is 8.38. The van der Waals surface area contributed by atoms with E-state index in [-0.39, 0.29) is 0 Å². The van der Waals surface area contributed by atoms with E-state index in [2.05, 4.69) is 59.7 Å². The van der Waals surface area contributed by atoms with Gasteiger partial charge >= 0.3 is 0 Å². The largest absolute Gasteiger partial charge is 0.357 e. The minimum absolute atomic E-state index is 0.668. The highest BCUT2D eigenvalue weighted by Crippen LogP contribution is 2.34. The molecule has 0 amide bonds. The molecule has 0 heterocycles. The Hall–Kier alpha value is -2.62. The van der Waals surface area contributed by atoms with Gasteiger partial charge in [0.15, 0.2) is 0 Å². The lowest BCUT2D eigenvalue weighted by Crippen LogP contribution is -2.16. The molecule has 22 heavy (non-hydrogen) atoms. The summed E-state index contributed by atoms with van der Waals surface area (Å²) in [7, 11) is -0.704. The molecule has 1 N–H and O–H groups in total. The van der Waals surface area contributed by atoms with Crippen molar-refractivity contribution in [2.24, 2.45) is 0 Å². The zero-order valence-electron chi connectivity index (χ0n) is 12.0. The normalized spacial score (nSPS) is 10.2. The van der Waals surface area contributed by atoms with E-state index in [0.29, 0.717) is 5.56 Å². The second-order valence-corrected chi connectivity index (χ2v) is 6.74. The van der Waals surface area contributed by atoms with Crippen LogP contribution in [0.2, 0.25) is 0 Å². The standard InChI is InChI=1S/C19H15N2P/c20-15-16-8-7-9-17(14-16)21-22(18-10-3-1-4-11-18)19-12-5-2-6-13-19/h1-14,21H. The zero-order chi connectivity index (χ0) is 15.2. The van der Waals surface area contributed by atoms with Crippen molar-refractivity contribution in [3.63, 3.8) is 0 Å². The number of anilines is 1. The molecule has 0 spiro atoms. The lowest BCUT2D eigenvalue weighted by atomic mass is 10.2. The molecule has 3 aromatic carbocycles. The average molecular weight is 302 g/mol. The highest BCUT2D eigenvalue weighted by Gasteiger charge is 2.13. The van der Waals surface area contributed by atoms with Crippen LogP contribution in [0.25, 0.3) is 0 Å². The number of benzene rings is 3. The van der Waals surface area contributed by atoms with Gasteiger partial charge in [0.05, 0.1) is 19.7 Å². The Morgan fingerprint density at radius 2 is 1.32 bits per heavy atom. The summed E-state index contributed by atoms with van der Waals surface area (Å²) in [6.45, 7) is 0. The Labute approximate surface area is 131 Å². The van der Waals surface area contributed by atoms with Gasteiger partial charge in [-0.05, 0) is 18.2 Å². The molecular weight excluding hydrogens is 287 g/mol. The van der Waals surface area contributed by atoms with Gasteiger partial charge in [-0.2, -0.15) is 5.26 Å². The lowest BCUT2D eigenvalue weighted by Gasteiger charge is -2.21. The molecule has 0 aliphatic rings. The Bertz CT molecular complexity index is 740. The summed E-state index contributed by atoms with van der Waals surface area (Å²) in [6, 6.07) is 30.6. The first-order valence-electron chi connectivity index (χ1n) is 7.04. The van der Waals surface area contributed by atoms with Gasteiger partial charge in [0.25, 0.3) is 0 Å². The number of nitriles is 1. The lowest BCUT2D eigenvalue weighted by molar-refractivity contribution is 1.48. The third kappa shape index (κ3) is 3.34. The molecule has 0 aromatic heterocycles. The molecule has 2 nitrogen and oxygen atoms in total. The van der Waals surface area contributed by atoms with Crippen molar-refractivity contribution in [1.29, 1.82) is 5.26 Å². The van der Waals surface area contributed by atoms with Gasteiger partial charge in [-0.15, -0.1) is 0 Å². The maximum atomic E-state index is 9.06. The molecule has 3 aromatic rings. The summed E-state index contributed by atoms with van der Waals surface area (Å²) in [5.74, 6) is 0. The summed E-state index contributed by atoms with van der Waals surface area (Å²) in [5.41, 5.74) is 1.64. The van der Waals surface area contributed by atoms with Crippen molar-refractivity contribution in [2.45, 2.75) is 0 Å². The van der Waals surface area contributed by atoms with Gasteiger partial charge in [-0.25, -0.2) is 0 Å². The summed E-state index contributed by atoms with van der Waals surface area (Å²) >= 11 is 0. The number of hydrogen-bond donors (Lipinski definition) is 1. The van der Waals surface area contributed by atoms with Crippen LogP contribution in [0.15, 0.2) is 84.9 Å². The minimum atomic E-state index is -0.704. The van der Waals surface area contributed by atoms with Crippen LogP contribution in [0.4, 0.5) is 5.69 Å². The van der Waals surface area contributed by atoms with E-state index < -0.39 is 8.07 Å². The topological polar surface area (TPSA) is 35.8 Å². The number of nitrogens with one attached hydrogen (secondary N) is 1. The van der Waals surface area contributed by atoms with E-state index in [9.17, 15) is 0 Å². The Morgan fingerprint density at radius 1 is 0.727 bits per heavy atom. The van der Waals surface area contributed by atoms with Gasteiger partial charge in [0, 0.05) is 16.3 Å². The zero-order valence-corrected chi connectivity index (χ0v) is 12.9. The maximum absolute atomic E-state index is 9.06. The molecule has 0 saturated heterocycles. The van der Waals surface area contributed by atoms with Gasteiger partial charge in [-0.1, -0.05) is 66.7 Å². The maximum Gasteiger partial charge on any atom is 0.0992 e. The fourth-order valence-electron chi connectivity index (χ4n) is 2.22. The molecule has 0 atom stereocenters. The fraction of sp³-hybridized carbons (Fsp3) is 0.